The van der Waals surface area contributed by atoms with Gasteiger partial charge in [-0.25, -0.2) is 4.39 Å². The van der Waals surface area contributed by atoms with Crippen molar-refractivity contribution in [1.29, 1.82) is 0 Å². The minimum absolute atomic E-state index is 0.237. The van der Waals surface area contributed by atoms with Crippen LogP contribution in [0.3, 0.4) is 0 Å². The molecule has 1 rings (SSSR count). The summed E-state index contributed by atoms with van der Waals surface area (Å²) in [6, 6.07) is 2.51. The molecule has 0 aliphatic heterocycles. The molecule has 2 nitrogen and oxygen atoms in total. The summed E-state index contributed by atoms with van der Waals surface area (Å²) in [4.78, 5) is 0. The van der Waals surface area contributed by atoms with E-state index in [0.29, 0.717) is 5.56 Å². The molecule has 0 aliphatic rings. The van der Waals surface area contributed by atoms with Crippen LogP contribution in [-0.2, 0) is 0 Å². The van der Waals surface area contributed by atoms with Gasteiger partial charge in [-0.1, -0.05) is 6.07 Å². The van der Waals surface area contributed by atoms with Crippen LogP contribution >= 0.6 is 0 Å². The van der Waals surface area contributed by atoms with Gasteiger partial charge in [0, 0.05) is 5.56 Å². The minimum Gasteiger partial charge on any atom is -0.394 e. The molecular formula is C10H14FNO. The number of aryl methyl sites for hydroxylation is 2. The maximum atomic E-state index is 13.3. The monoisotopic (exact) mass is 183 g/mol. The number of aliphatic hydroxyl groups excluding tert-OH is 1. The Kier molecular flexibility index (Phi) is 3.01. The molecule has 13 heavy (non-hydrogen) atoms. The number of aliphatic hydroxyl groups is 1. The summed E-state index contributed by atoms with van der Waals surface area (Å²) >= 11 is 0. The second-order valence-electron chi connectivity index (χ2n) is 3.25. The van der Waals surface area contributed by atoms with Crippen molar-refractivity contribution in [3.8, 4) is 0 Å². The van der Waals surface area contributed by atoms with Crippen LogP contribution < -0.4 is 5.73 Å². The van der Waals surface area contributed by atoms with E-state index in [4.69, 9.17) is 10.8 Å². The lowest BCUT2D eigenvalue weighted by Gasteiger charge is -2.11. The summed E-state index contributed by atoms with van der Waals surface area (Å²) in [5.74, 6) is -0.343. The van der Waals surface area contributed by atoms with Crippen molar-refractivity contribution < 1.29 is 9.50 Å². The van der Waals surface area contributed by atoms with Gasteiger partial charge in [0.05, 0.1) is 12.6 Å². The average molecular weight is 183 g/mol. The third-order valence-corrected chi connectivity index (χ3v) is 2.21. The summed E-state index contributed by atoms with van der Waals surface area (Å²) < 4.78 is 13.3. The van der Waals surface area contributed by atoms with E-state index in [0.717, 1.165) is 11.1 Å². The number of hydrogen-bond acceptors (Lipinski definition) is 2. The zero-order valence-electron chi connectivity index (χ0n) is 7.84. The first kappa shape index (κ1) is 10.2. The molecule has 1 aromatic rings. The molecule has 0 bridgehead atoms. The number of nitrogens with two attached hydrogens (primary N) is 1. The van der Waals surface area contributed by atoms with Crippen LogP contribution in [0, 0.1) is 19.7 Å². The summed E-state index contributed by atoms with van der Waals surface area (Å²) in [5.41, 5.74) is 7.79. The van der Waals surface area contributed by atoms with Gasteiger partial charge in [-0.05, 0) is 31.0 Å². The maximum Gasteiger partial charge on any atom is 0.128 e. The third-order valence-electron chi connectivity index (χ3n) is 2.21. The van der Waals surface area contributed by atoms with Crippen molar-refractivity contribution in [3.05, 3.63) is 34.6 Å². The van der Waals surface area contributed by atoms with E-state index in [1.54, 1.807) is 6.07 Å². The molecule has 1 unspecified atom stereocenters. The van der Waals surface area contributed by atoms with Gasteiger partial charge in [0.25, 0.3) is 0 Å². The summed E-state index contributed by atoms with van der Waals surface area (Å²) in [5, 5.41) is 8.78. The molecular weight excluding hydrogens is 169 g/mol. The van der Waals surface area contributed by atoms with Gasteiger partial charge in [-0.2, -0.15) is 0 Å². The lowest BCUT2D eigenvalue weighted by atomic mass is 10.0. The van der Waals surface area contributed by atoms with Gasteiger partial charge in [-0.3, -0.25) is 0 Å². The van der Waals surface area contributed by atoms with Crippen molar-refractivity contribution in [2.45, 2.75) is 19.9 Å². The van der Waals surface area contributed by atoms with Gasteiger partial charge >= 0.3 is 0 Å². The van der Waals surface area contributed by atoms with E-state index in [9.17, 15) is 4.39 Å². The van der Waals surface area contributed by atoms with Crippen molar-refractivity contribution in [2.75, 3.05) is 6.61 Å². The fraction of sp³-hybridized carbons (Fsp3) is 0.400. The maximum absolute atomic E-state index is 13.3. The van der Waals surface area contributed by atoms with Crippen LogP contribution in [0.15, 0.2) is 12.1 Å². The highest BCUT2D eigenvalue weighted by molar-refractivity contribution is 5.33. The predicted molar refractivity (Wildman–Crippen MR) is 49.9 cm³/mol. The van der Waals surface area contributed by atoms with Crippen molar-refractivity contribution in [1.82, 2.24) is 0 Å². The van der Waals surface area contributed by atoms with Crippen LogP contribution in [-0.4, -0.2) is 11.7 Å². The molecule has 1 atom stereocenters. The number of benzene rings is 1. The Labute approximate surface area is 77.2 Å². The molecule has 0 aromatic heterocycles. The smallest absolute Gasteiger partial charge is 0.128 e. The van der Waals surface area contributed by atoms with E-state index >= 15 is 0 Å². The Balaban J connectivity index is 3.15. The zero-order chi connectivity index (χ0) is 10.0. The molecule has 0 aliphatic carbocycles. The number of hydrogen-bond donors (Lipinski definition) is 2. The SMILES string of the molecule is Cc1cc(F)c(C(N)CO)cc1C. The first-order valence-corrected chi connectivity index (χ1v) is 4.19. The van der Waals surface area contributed by atoms with E-state index in [1.165, 1.54) is 6.07 Å². The van der Waals surface area contributed by atoms with Gasteiger partial charge in [-0.15, -0.1) is 0 Å². The molecule has 0 radical (unpaired) electrons. The number of rotatable bonds is 2. The van der Waals surface area contributed by atoms with Crippen LogP contribution in [0.1, 0.15) is 22.7 Å². The highest BCUT2D eigenvalue weighted by Crippen LogP contribution is 2.19. The molecule has 0 heterocycles. The van der Waals surface area contributed by atoms with Gasteiger partial charge in [0.1, 0.15) is 5.82 Å². The minimum atomic E-state index is -0.626. The van der Waals surface area contributed by atoms with Crippen molar-refractivity contribution in [2.24, 2.45) is 5.73 Å². The second kappa shape index (κ2) is 3.85. The first-order chi connectivity index (χ1) is 6.06. The van der Waals surface area contributed by atoms with Crippen molar-refractivity contribution >= 4 is 0 Å². The fourth-order valence-corrected chi connectivity index (χ4v) is 1.19. The molecule has 72 valence electrons. The lowest BCUT2D eigenvalue weighted by Crippen LogP contribution is -2.16. The largest absolute Gasteiger partial charge is 0.394 e. The Morgan fingerprint density at radius 2 is 1.92 bits per heavy atom. The topological polar surface area (TPSA) is 46.2 Å². The Morgan fingerprint density at radius 1 is 1.38 bits per heavy atom. The molecule has 0 fully saturated rings. The second-order valence-corrected chi connectivity index (χ2v) is 3.25. The zero-order valence-corrected chi connectivity index (χ0v) is 7.84. The average Bonchev–Trinajstić information content (AvgIpc) is 2.10. The Hall–Kier alpha value is -0.930. The Morgan fingerprint density at radius 3 is 2.46 bits per heavy atom. The van der Waals surface area contributed by atoms with Crippen LogP contribution in [0.2, 0.25) is 0 Å². The fourth-order valence-electron chi connectivity index (χ4n) is 1.19. The van der Waals surface area contributed by atoms with Gasteiger partial charge < -0.3 is 10.8 Å². The molecule has 0 amide bonds. The van der Waals surface area contributed by atoms with E-state index in [1.807, 2.05) is 13.8 Å². The standard InChI is InChI=1S/C10H14FNO/c1-6-3-8(10(12)5-13)9(11)4-7(6)2/h3-4,10,13H,5,12H2,1-2H3. The Bertz CT molecular complexity index is 312. The molecule has 1 aromatic carbocycles. The van der Waals surface area contributed by atoms with E-state index in [2.05, 4.69) is 0 Å². The number of halogens is 1. The summed E-state index contributed by atoms with van der Waals surface area (Å²) in [6.07, 6.45) is 0. The van der Waals surface area contributed by atoms with Crippen LogP contribution in [0.5, 0.6) is 0 Å². The van der Waals surface area contributed by atoms with Gasteiger partial charge in [0.15, 0.2) is 0 Å². The molecule has 0 spiro atoms. The molecule has 3 heteroatoms. The predicted octanol–water partition coefficient (Wildman–Crippen LogP) is 1.43. The van der Waals surface area contributed by atoms with E-state index in [-0.39, 0.29) is 12.4 Å². The van der Waals surface area contributed by atoms with Crippen LogP contribution in [0.25, 0.3) is 0 Å². The first-order valence-electron chi connectivity index (χ1n) is 4.19. The van der Waals surface area contributed by atoms with Crippen molar-refractivity contribution in [3.63, 3.8) is 0 Å². The lowest BCUT2D eigenvalue weighted by molar-refractivity contribution is 0.265. The normalized spacial score (nSPS) is 13.0. The molecule has 3 N–H and O–H groups in total. The molecule has 0 saturated heterocycles. The summed E-state index contributed by atoms with van der Waals surface area (Å²) in [7, 11) is 0. The summed E-state index contributed by atoms with van der Waals surface area (Å²) in [6.45, 7) is 3.49. The highest BCUT2D eigenvalue weighted by Gasteiger charge is 2.11. The van der Waals surface area contributed by atoms with E-state index < -0.39 is 6.04 Å². The third kappa shape index (κ3) is 2.05. The van der Waals surface area contributed by atoms with Gasteiger partial charge in [0.2, 0.25) is 0 Å². The molecule has 0 saturated carbocycles. The highest BCUT2D eigenvalue weighted by atomic mass is 19.1. The quantitative estimate of drug-likeness (QED) is 0.728. The van der Waals surface area contributed by atoms with Crippen LogP contribution in [0.4, 0.5) is 4.39 Å².